The molecule has 1 aliphatic rings. The Kier molecular flexibility index (Phi) is 4.27. The Balaban J connectivity index is 1.65. The first-order chi connectivity index (χ1) is 10.6. The summed E-state index contributed by atoms with van der Waals surface area (Å²) in [6, 6.07) is 8.23. The fourth-order valence-electron chi connectivity index (χ4n) is 3.37. The highest BCUT2D eigenvalue weighted by atomic mass is 16.2. The van der Waals surface area contributed by atoms with Gasteiger partial charge in [0.25, 0.3) is 0 Å². The molecule has 1 aromatic carbocycles. The van der Waals surface area contributed by atoms with E-state index in [0.29, 0.717) is 6.42 Å². The molecule has 2 heterocycles. The normalized spacial score (nSPS) is 18.9. The van der Waals surface area contributed by atoms with E-state index < -0.39 is 0 Å². The van der Waals surface area contributed by atoms with E-state index >= 15 is 0 Å². The van der Waals surface area contributed by atoms with Gasteiger partial charge >= 0.3 is 0 Å². The zero-order chi connectivity index (χ0) is 15.5. The van der Waals surface area contributed by atoms with Gasteiger partial charge in [0.1, 0.15) is 5.78 Å². The Morgan fingerprint density at radius 2 is 2.18 bits per heavy atom. The van der Waals surface area contributed by atoms with Crippen LogP contribution in [0.25, 0.3) is 10.9 Å². The number of aromatic nitrogens is 1. The maximum atomic E-state index is 12.5. The summed E-state index contributed by atoms with van der Waals surface area (Å²) in [5.74, 6) is 0.160. The molecule has 1 aliphatic heterocycles. The van der Waals surface area contributed by atoms with Gasteiger partial charge in [-0.3, -0.25) is 4.79 Å². The summed E-state index contributed by atoms with van der Waals surface area (Å²) in [6.45, 7) is 3.11. The third-order valence-corrected chi connectivity index (χ3v) is 4.50. The van der Waals surface area contributed by atoms with Crippen molar-refractivity contribution in [1.82, 2.24) is 9.88 Å². The van der Waals surface area contributed by atoms with Crippen molar-refractivity contribution in [3.63, 3.8) is 0 Å². The van der Waals surface area contributed by atoms with Gasteiger partial charge < -0.3 is 14.7 Å². The van der Waals surface area contributed by atoms with E-state index in [1.165, 1.54) is 10.9 Å². The largest absolute Gasteiger partial charge is 0.361 e. The number of aromatic amines is 1. The van der Waals surface area contributed by atoms with E-state index in [1.54, 1.807) is 6.92 Å². The Hall–Kier alpha value is -2.10. The summed E-state index contributed by atoms with van der Waals surface area (Å²) in [7, 11) is 0. The van der Waals surface area contributed by atoms with E-state index in [-0.39, 0.29) is 17.6 Å². The fourth-order valence-corrected chi connectivity index (χ4v) is 3.37. The fraction of sp³-hybridized carbons (Fsp3) is 0.444. The second-order valence-electron chi connectivity index (χ2n) is 6.18. The minimum atomic E-state index is -0.103. The molecule has 0 radical (unpaired) electrons. The topological polar surface area (TPSA) is 53.2 Å². The SMILES string of the molecule is CC(=O)CC1CCCN(CCc2c[nH]c3ccccc23)C1=O. The Morgan fingerprint density at radius 1 is 1.36 bits per heavy atom. The molecule has 4 nitrogen and oxygen atoms in total. The number of amides is 1. The van der Waals surface area contributed by atoms with Crippen LogP contribution in [0.4, 0.5) is 0 Å². The highest BCUT2D eigenvalue weighted by Crippen LogP contribution is 2.23. The van der Waals surface area contributed by atoms with Gasteiger partial charge in [-0.2, -0.15) is 0 Å². The number of hydrogen-bond acceptors (Lipinski definition) is 2. The zero-order valence-corrected chi connectivity index (χ0v) is 13.0. The maximum Gasteiger partial charge on any atom is 0.226 e. The van der Waals surface area contributed by atoms with Gasteiger partial charge in [-0.15, -0.1) is 0 Å². The number of H-pyrrole nitrogens is 1. The van der Waals surface area contributed by atoms with Crippen LogP contribution in [0.3, 0.4) is 0 Å². The molecule has 1 saturated heterocycles. The number of benzene rings is 1. The van der Waals surface area contributed by atoms with Crippen molar-refractivity contribution in [2.75, 3.05) is 13.1 Å². The van der Waals surface area contributed by atoms with E-state index in [2.05, 4.69) is 17.1 Å². The number of piperidine rings is 1. The summed E-state index contributed by atoms with van der Waals surface area (Å²) in [5, 5.41) is 1.23. The van der Waals surface area contributed by atoms with Crippen molar-refractivity contribution >= 4 is 22.6 Å². The summed E-state index contributed by atoms with van der Waals surface area (Å²) in [4.78, 5) is 28.9. The highest BCUT2D eigenvalue weighted by Gasteiger charge is 2.29. The smallest absolute Gasteiger partial charge is 0.226 e. The lowest BCUT2D eigenvalue weighted by molar-refractivity contribution is -0.140. The van der Waals surface area contributed by atoms with Crippen LogP contribution in [-0.4, -0.2) is 34.7 Å². The Bertz CT molecular complexity index is 689. The third kappa shape index (κ3) is 3.06. The number of carbonyl (C=O) groups excluding carboxylic acids is 2. The van der Waals surface area contributed by atoms with Crippen LogP contribution in [0.2, 0.25) is 0 Å². The van der Waals surface area contributed by atoms with E-state index in [9.17, 15) is 9.59 Å². The van der Waals surface area contributed by atoms with Gasteiger partial charge in [0.05, 0.1) is 0 Å². The molecular formula is C18H22N2O2. The number of likely N-dealkylation sites (tertiary alicyclic amines) is 1. The molecule has 0 bridgehead atoms. The average Bonchev–Trinajstić information content (AvgIpc) is 2.91. The highest BCUT2D eigenvalue weighted by molar-refractivity contribution is 5.86. The van der Waals surface area contributed by atoms with Gasteiger partial charge in [0, 0.05) is 42.5 Å². The monoisotopic (exact) mass is 298 g/mol. The standard InChI is InChI=1S/C18H22N2O2/c1-13(21)11-14-5-4-9-20(18(14)22)10-8-15-12-19-17-7-3-2-6-16(15)17/h2-3,6-7,12,14,19H,4-5,8-11H2,1H3. The van der Waals surface area contributed by atoms with Crippen molar-refractivity contribution in [2.24, 2.45) is 5.92 Å². The molecule has 22 heavy (non-hydrogen) atoms. The minimum Gasteiger partial charge on any atom is -0.361 e. The molecule has 0 spiro atoms. The van der Waals surface area contributed by atoms with Crippen LogP contribution >= 0.6 is 0 Å². The van der Waals surface area contributed by atoms with Crippen molar-refractivity contribution in [1.29, 1.82) is 0 Å². The van der Waals surface area contributed by atoms with Crippen molar-refractivity contribution in [3.05, 3.63) is 36.0 Å². The van der Waals surface area contributed by atoms with Crippen molar-refractivity contribution in [2.45, 2.75) is 32.6 Å². The number of para-hydroxylation sites is 1. The number of rotatable bonds is 5. The first-order valence-corrected chi connectivity index (χ1v) is 7.98. The molecule has 1 unspecified atom stereocenters. The second kappa shape index (κ2) is 6.34. The van der Waals surface area contributed by atoms with Gasteiger partial charge in [-0.25, -0.2) is 0 Å². The van der Waals surface area contributed by atoms with Crippen LogP contribution in [0.15, 0.2) is 30.5 Å². The van der Waals surface area contributed by atoms with E-state index in [1.807, 2.05) is 23.2 Å². The number of fused-ring (bicyclic) bond motifs is 1. The second-order valence-corrected chi connectivity index (χ2v) is 6.18. The molecule has 1 atom stereocenters. The number of ketones is 1. The molecule has 0 aliphatic carbocycles. The van der Waals surface area contributed by atoms with Crippen molar-refractivity contribution < 1.29 is 9.59 Å². The minimum absolute atomic E-state index is 0.103. The molecular weight excluding hydrogens is 276 g/mol. The molecule has 116 valence electrons. The maximum absolute atomic E-state index is 12.5. The number of nitrogens with zero attached hydrogens (tertiary/aromatic N) is 1. The van der Waals surface area contributed by atoms with Crippen LogP contribution < -0.4 is 0 Å². The lowest BCUT2D eigenvalue weighted by Crippen LogP contribution is -2.42. The number of hydrogen-bond donors (Lipinski definition) is 1. The zero-order valence-electron chi connectivity index (χ0n) is 13.0. The lowest BCUT2D eigenvalue weighted by Gasteiger charge is -2.32. The first kappa shape index (κ1) is 14.8. The quantitative estimate of drug-likeness (QED) is 0.922. The molecule has 0 saturated carbocycles. The van der Waals surface area contributed by atoms with Crippen LogP contribution in [0.5, 0.6) is 0 Å². The molecule has 1 amide bonds. The summed E-state index contributed by atoms with van der Waals surface area (Å²) in [5.41, 5.74) is 2.38. The van der Waals surface area contributed by atoms with E-state index in [4.69, 9.17) is 0 Å². The van der Waals surface area contributed by atoms with Crippen LogP contribution in [0, 0.1) is 5.92 Å². The van der Waals surface area contributed by atoms with Crippen LogP contribution in [-0.2, 0) is 16.0 Å². The number of nitrogens with one attached hydrogen (secondary N) is 1. The Morgan fingerprint density at radius 3 is 3.00 bits per heavy atom. The van der Waals surface area contributed by atoms with Gasteiger partial charge in [0.15, 0.2) is 0 Å². The third-order valence-electron chi connectivity index (χ3n) is 4.50. The molecule has 1 fully saturated rings. The number of Topliss-reactive ketones (excluding diaryl/α,β-unsaturated/α-hetero) is 1. The summed E-state index contributed by atoms with van der Waals surface area (Å²) >= 11 is 0. The summed E-state index contributed by atoms with van der Waals surface area (Å²) < 4.78 is 0. The average molecular weight is 298 g/mol. The molecule has 1 N–H and O–H groups in total. The predicted molar refractivity (Wildman–Crippen MR) is 86.6 cm³/mol. The first-order valence-electron chi connectivity index (χ1n) is 7.98. The predicted octanol–water partition coefficient (Wildman–Crippen LogP) is 2.93. The molecule has 3 rings (SSSR count). The number of carbonyl (C=O) groups is 2. The summed E-state index contributed by atoms with van der Waals surface area (Å²) in [6.07, 6.45) is 5.12. The van der Waals surface area contributed by atoms with E-state index in [0.717, 1.165) is 37.9 Å². The molecule has 2 aromatic rings. The van der Waals surface area contributed by atoms with Gasteiger partial charge in [-0.1, -0.05) is 18.2 Å². The molecule has 4 heteroatoms. The Labute approximate surface area is 130 Å². The lowest BCUT2D eigenvalue weighted by atomic mass is 9.92. The van der Waals surface area contributed by atoms with Crippen LogP contribution in [0.1, 0.15) is 31.7 Å². The molecule has 1 aromatic heterocycles. The van der Waals surface area contributed by atoms with Gasteiger partial charge in [-0.05, 0) is 37.8 Å². The van der Waals surface area contributed by atoms with Gasteiger partial charge in [0.2, 0.25) is 5.91 Å². The van der Waals surface area contributed by atoms with Crippen molar-refractivity contribution in [3.8, 4) is 0 Å².